The second-order valence-corrected chi connectivity index (χ2v) is 8.49. The number of rotatable bonds is 8. The number of methoxy groups -OCH3 is 2. The van der Waals surface area contributed by atoms with Gasteiger partial charge in [-0.3, -0.25) is 9.78 Å². The monoisotopic (exact) mass is 478 g/mol. The third kappa shape index (κ3) is 4.70. The van der Waals surface area contributed by atoms with Crippen molar-refractivity contribution in [3.63, 3.8) is 0 Å². The molecule has 2 aliphatic heterocycles. The molecule has 2 aliphatic rings. The van der Waals surface area contributed by atoms with Crippen LogP contribution in [-0.2, 0) is 20.9 Å². The van der Waals surface area contributed by atoms with E-state index in [2.05, 4.69) is 10.3 Å². The summed E-state index contributed by atoms with van der Waals surface area (Å²) >= 11 is 1.44. The smallest absolute Gasteiger partial charge is 0.338 e. The summed E-state index contributed by atoms with van der Waals surface area (Å²) in [5, 5.41) is 5.57. The Bertz CT molecular complexity index is 1180. The van der Waals surface area contributed by atoms with E-state index in [0.29, 0.717) is 30.0 Å². The quantitative estimate of drug-likeness (QED) is 0.575. The summed E-state index contributed by atoms with van der Waals surface area (Å²) in [6.45, 7) is 2.34. The van der Waals surface area contributed by atoms with E-state index in [-0.39, 0.29) is 12.3 Å². The van der Waals surface area contributed by atoms with Gasteiger partial charge in [-0.1, -0.05) is 43.0 Å². The fourth-order valence-corrected chi connectivity index (χ4v) is 4.97. The van der Waals surface area contributed by atoms with Gasteiger partial charge in [0.15, 0.2) is 5.17 Å². The molecule has 0 saturated carbocycles. The summed E-state index contributed by atoms with van der Waals surface area (Å²) in [5.41, 5.74) is 3.58. The highest BCUT2D eigenvalue weighted by Crippen LogP contribution is 2.47. The molecule has 0 spiro atoms. The Hall–Kier alpha value is -3.59. The molecule has 2 aromatic rings. The normalized spacial score (nSPS) is 17.0. The van der Waals surface area contributed by atoms with Crippen molar-refractivity contribution in [1.82, 2.24) is 15.2 Å². The molecule has 1 N–H and O–H groups in total. The second-order valence-electron chi connectivity index (χ2n) is 7.66. The van der Waals surface area contributed by atoms with Gasteiger partial charge in [0.25, 0.3) is 0 Å². The van der Waals surface area contributed by atoms with E-state index in [4.69, 9.17) is 14.5 Å². The van der Waals surface area contributed by atoms with Gasteiger partial charge >= 0.3 is 5.97 Å². The van der Waals surface area contributed by atoms with Crippen LogP contribution in [0.25, 0.3) is 0 Å². The number of carbonyl (C=O) groups excluding carboxylic acids is 2. The fourth-order valence-electron chi connectivity index (χ4n) is 4.03. The Morgan fingerprint density at radius 1 is 1.18 bits per heavy atom. The third-order valence-corrected chi connectivity index (χ3v) is 6.51. The minimum Gasteiger partial charge on any atom is -0.496 e. The average Bonchev–Trinajstić information content (AvgIpc) is 3.28. The van der Waals surface area contributed by atoms with Crippen LogP contribution in [0, 0.1) is 0 Å². The van der Waals surface area contributed by atoms with Crippen molar-refractivity contribution in [3.05, 3.63) is 82.3 Å². The Morgan fingerprint density at radius 3 is 2.71 bits per heavy atom. The number of para-hydroxylation sites is 1. The van der Waals surface area contributed by atoms with Crippen LogP contribution in [0.2, 0.25) is 0 Å². The summed E-state index contributed by atoms with van der Waals surface area (Å²) in [7, 11) is 2.96. The van der Waals surface area contributed by atoms with E-state index in [0.717, 1.165) is 22.0 Å². The van der Waals surface area contributed by atoms with Gasteiger partial charge in [-0.15, -0.1) is 0 Å². The number of aliphatic imine (C=N–C) groups is 1. The first-order valence-corrected chi connectivity index (χ1v) is 11.8. The first-order chi connectivity index (χ1) is 16.6. The van der Waals surface area contributed by atoms with Gasteiger partial charge in [0.05, 0.1) is 38.0 Å². The molecule has 3 heterocycles. The van der Waals surface area contributed by atoms with Crippen molar-refractivity contribution in [2.75, 3.05) is 14.2 Å². The fraction of sp³-hybridized carbons (Fsp3) is 0.280. The van der Waals surface area contributed by atoms with Crippen LogP contribution in [0.3, 0.4) is 0 Å². The van der Waals surface area contributed by atoms with E-state index in [1.165, 1.54) is 18.9 Å². The lowest BCUT2D eigenvalue weighted by Gasteiger charge is -2.37. The second kappa shape index (κ2) is 10.6. The highest BCUT2D eigenvalue weighted by atomic mass is 32.2. The van der Waals surface area contributed by atoms with Crippen LogP contribution in [0.1, 0.15) is 36.9 Å². The number of nitrogens with zero attached hydrogens (tertiary/aromatic N) is 3. The number of nitrogens with one attached hydrogen (secondary N) is 1. The van der Waals surface area contributed by atoms with Crippen LogP contribution < -0.4 is 10.1 Å². The topological polar surface area (TPSA) is 93.1 Å². The van der Waals surface area contributed by atoms with E-state index < -0.39 is 12.0 Å². The predicted molar refractivity (Wildman–Crippen MR) is 131 cm³/mol. The Labute approximate surface area is 202 Å². The number of hydrogen-bond donors (Lipinski definition) is 1. The Kier molecular flexibility index (Phi) is 7.32. The maximum absolute atomic E-state index is 13.0. The molecule has 176 valence electrons. The van der Waals surface area contributed by atoms with Gasteiger partial charge in [-0.2, -0.15) is 0 Å². The summed E-state index contributed by atoms with van der Waals surface area (Å²) in [6.07, 6.45) is 4.11. The third-order valence-electron chi connectivity index (χ3n) is 5.62. The molecule has 34 heavy (non-hydrogen) atoms. The molecule has 0 radical (unpaired) electrons. The summed E-state index contributed by atoms with van der Waals surface area (Å²) in [5.74, 6) is 0.0522. The molecule has 8 nitrogen and oxygen atoms in total. The molecule has 9 heteroatoms. The molecule has 1 amide bonds. The molecule has 0 aliphatic carbocycles. The lowest BCUT2D eigenvalue weighted by atomic mass is 9.92. The van der Waals surface area contributed by atoms with Crippen LogP contribution in [-0.4, -0.2) is 41.1 Å². The maximum Gasteiger partial charge on any atom is 0.338 e. The van der Waals surface area contributed by atoms with Crippen LogP contribution in [0.4, 0.5) is 0 Å². The van der Waals surface area contributed by atoms with Gasteiger partial charge < -0.3 is 19.7 Å². The zero-order chi connectivity index (χ0) is 24.1. The van der Waals surface area contributed by atoms with Crippen LogP contribution >= 0.6 is 11.8 Å². The maximum atomic E-state index is 13.0. The van der Waals surface area contributed by atoms with Gasteiger partial charge in [0.1, 0.15) is 5.75 Å². The number of allylic oxidation sites excluding steroid dienone is 1. The minimum atomic E-state index is -0.529. The molecule has 0 saturated heterocycles. The van der Waals surface area contributed by atoms with Crippen LogP contribution in [0.15, 0.2) is 76.2 Å². The van der Waals surface area contributed by atoms with Crippen molar-refractivity contribution in [3.8, 4) is 5.75 Å². The number of esters is 1. The molecule has 1 atom stereocenters. The average molecular weight is 479 g/mol. The number of fused-ring (bicyclic) bond motifs is 1. The van der Waals surface area contributed by atoms with Crippen molar-refractivity contribution >= 4 is 28.8 Å². The lowest BCUT2D eigenvalue weighted by Crippen LogP contribution is -2.38. The van der Waals surface area contributed by atoms with E-state index in [1.54, 1.807) is 19.5 Å². The number of aromatic nitrogens is 1. The number of ether oxygens (including phenoxy) is 2. The largest absolute Gasteiger partial charge is 0.496 e. The number of thioether (sulfide) groups is 1. The van der Waals surface area contributed by atoms with Gasteiger partial charge in [0.2, 0.25) is 5.91 Å². The standard InChI is InChI=1S/C25H26N4O4S/c1-4-19-22(24(31)33-3)23(18-9-5-6-10-20(18)32-2)29-17(15-34-25(29)28-19)12-21(30)27-14-16-8-7-11-26-13-16/h5-11,13,15,23H,4,12,14H2,1-3H3,(H,27,30)/t23-/m0/s1. The zero-order valence-corrected chi connectivity index (χ0v) is 20.1. The van der Waals surface area contributed by atoms with Crippen molar-refractivity contribution < 1.29 is 19.1 Å². The number of amidine groups is 1. The molecule has 1 aromatic heterocycles. The zero-order valence-electron chi connectivity index (χ0n) is 19.3. The van der Waals surface area contributed by atoms with E-state index in [9.17, 15) is 9.59 Å². The molecule has 0 unspecified atom stereocenters. The van der Waals surface area contributed by atoms with E-state index >= 15 is 0 Å². The van der Waals surface area contributed by atoms with Crippen molar-refractivity contribution in [2.24, 2.45) is 4.99 Å². The van der Waals surface area contributed by atoms with Crippen LogP contribution in [0.5, 0.6) is 5.75 Å². The SMILES string of the molecule is CCC1=C(C(=O)OC)[C@H](c2ccccc2OC)N2C(CC(=O)NCc3cccnc3)=CSC2=N1. The van der Waals surface area contributed by atoms with Gasteiger partial charge in [-0.05, 0) is 29.5 Å². The van der Waals surface area contributed by atoms with Crippen molar-refractivity contribution in [2.45, 2.75) is 32.4 Å². The minimum absolute atomic E-state index is 0.133. The number of hydrogen-bond acceptors (Lipinski definition) is 8. The Balaban J connectivity index is 1.67. The molecular formula is C25H26N4O4S. The number of pyridine rings is 1. The highest BCUT2D eigenvalue weighted by Gasteiger charge is 2.42. The van der Waals surface area contributed by atoms with Gasteiger partial charge in [-0.25, -0.2) is 9.79 Å². The highest BCUT2D eigenvalue weighted by molar-refractivity contribution is 8.16. The van der Waals surface area contributed by atoms with Gasteiger partial charge in [0, 0.05) is 30.2 Å². The molecular weight excluding hydrogens is 452 g/mol. The molecule has 4 rings (SSSR count). The number of carbonyl (C=O) groups is 2. The van der Waals surface area contributed by atoms with Crippen molar-refractivity contribution in [1.29, 1.82) is 0 Å². The molecule has 0 fully saturated rings. The lowest BCUT2D eigenvalue weighted by molar-refractivity contribution is -0.136. The summed E-state index contributed by atoms with van der Waals surface area (Å²) in [6, 6.07) is 10.8. The first-order valence-electron chi connectivity index (χ1n) is 10.9. The number of benzene rings is 1. The predicted octanol–water partition coefficient (Wildman–Crippen LogP) is 3.93. The molecule has 0 bridgehead atoms. The number of amides is 1. The molecule has 1 aromatic carbocycles. The Morgan fingerprint density at radius 2 is 2.00 bits per heavy atom. The van der Waals surface area contributed by atoms with E-state index in [1.807, 2.05) is 53.6 Å². The summed E-state index contributed by atoms with van der Waals surface area (Å²) in [4.78, 5) is 36.6. The first kappa shape index (κ1) is 23.6. The summed E-state index contributed by atoms with van der Waals surface area (Å²) < 4.78 is 10.8.